The summed E-state index contributed by atoms with van der Waals surface area (Å²) in [6.07, 6.45) is 6.53. The number of primary amides is 1. The fraction of sp³-hybridized carbons (Fsp3) is 0.579. The molecule has 0 bridgehead atoms. The molecule has 1 saturated heterocycles. The molecule has 6 nitrogen and oxygen atoms in total. The molecule has 4 N–H and O–H groups in total. The van der Waals surface area contributed by atoms with Crippen LogP contribution in [0.5, 0.6) is 0 Å². The topological polar surface area (TPSA) is 82.8 Å². The third kappa shape index (κ3) is 7.13. The van der Waals surface area contributed by atoms with Gasteiger partial charge in [-0.2, -0.15) is 0 Å². The van der Waals surface area contributed by atoms with Crippen molar-refractivity contribution >= 4 is 11.9 Å². The maximum Gasteiger partial charge on any atom is 0.248 e. The summed E-state index contributed by atoms with van der Waals surface area (Å²) in [5.74, 6) is 0.373. The van der Waals surface area contributed by atoms with Gasteiger partial charge < -0.3 is 21.3 Å². The molecule has 0 radical (unpaired) electrons. The quantitative estimate of drug-likeness (QED) is 0.399. The number of carbonyl (C=O) groups is 1. The van der Waals surface area contributed by atoms with E-state index in [1.165, 1.54) is 38.8 Å². The number of nitrogens with two attached hydrogens (primary N) is 1. The third-order valence-electron chi connectivity index (χ3n) is 4.54. The average Bonchev–Trinajstić information content (AvgIpc) is 2.90. The summed E-state index contributed by atoms with van der Waals surface area (Å²) in [6.45, 7) is 5.13. The molecule has 138 valence electrons. The molecule has 1 aliphatic rings. The van der Waals surface area contributed by atoms with E-state index in [1.54, 1.807) is 13.1 Å². The van der Waals surface area contributed by atoms with Gasteiger partial charge in [0.15, 0.2) is 5.96 Å². The Bertz CT molecular complexity index is 565. The molecule has 1 aromatic rings. The molecule has 0 saturated carbocycles. The molecule has 1 heterocycles. The van der Waals surface area contributed by atoms with Crippen LogP contribution in [-0.2, 0) is 6.54 Å². The lowest BCUT2D eigenvalue weighted by atomic mass is 10.1. The molecule has 0 aromatic heterocycles. The summed E-state index contributed by atoms with van der Waals surface area (Å²) in [7, 11) is 1.77. The van der Waals surface area contributed by atoms with Gasteiger partial charge in [-0.05, 0) is 56.6 Å². The molecule has 2 rings (SSSR count). The van der Waals surface area contributed by atoms with E-state index in [0.717, 1.165) is 31.0 Å². The Morgan fingerprint density at radius 2 is 1.96 bits per heavy atom. The first-order chi connectivity index (χ1) is 12.2. The van der Waals surface area contributed by atoms with E-state index in [0.29, 0.717) is 12.1 Å². The van der Waals surface area contributed by atoms with Crippen LogP contribution in [-0.4, -0.2) is 50.0 Å². The zero-order chi connectivity index (χ0) is 17.9. The number of nitrogens with zero attached hydrogens (tertiary/aromatic N) is 2. The zero-order valence-electron chi connectivity index (χ0n) is 15.3. The lowest BCUT2D eigenvalue weighted by Gasteiger charge is -2.20. The molecular formula is C19H31N5O. The lowest BCUT2D eigenvalue weighted by molar-refractivity contribution is 0.1000. The SMILES string of the molecule is CN=C(NCCCN1CCCCCC1)NCc1cccc(C(N)=O)c1. The number of carbonyl (C=O) groups excluding carboxylic acids is 1. The fourth-order valence-corrected chi connectivity index (χ4v) is 3.11. The van der Waals surface area contributed by atoms with Crippen LogP contribution in [0.3, 0.4) is 0 Å². The standard InChI is InChI=1S/C19H31N5O/c1-21-19(22-10-7-13-24-11-4-2-3-5-12-24)23-15-16-8-6-9-17(14-16)18(20)25/h6,8-9,14H,2-5,7,10-13,15H2,1H3,(H2,20,25)(H2,21,22,23). The molecule has 25 heavy (non-hydrogen) atoms. The number of benzene rings is 1. The largest absolute Gasteiger partial charge is 0.366 e. The van der Waals surface area contributed by atoms with Crippen LogP contribution < -0.4 is 16.4 Å². The van der Waals surface area contributed by atoms with Crippen molar-refractivity contribution in [3.8, 4) is 0 Å². The van der Waals surface area contributed by atoms with Crippen molar-refractivity contribution in [2.45, 2.75) is 38.6 Å². The lowest BCUT2D eigenvalue weighted by Crippen LogP contribution is -2.38. The predicted molar refractivity (Wildman–Crippen MR) is 103 cm³/mol. The molecule has 0 unspecified atom stereocenters. The fourth-order valence-electron chi connectivity index (χ4n) is 3.11. The number of amides is 1. The summed E-state index contributed by atoms with van der Waals surface area (Å²) in [4.78, 5) is 18.1. The summed E-state index contributed by atoms with van der Waals surface area (Å²) < 4.78 is 0. The highest BCUT2D eigenvalue weighted by molar-refractivity contribution is 5.92. The Balaban J connectivity index is 1.68. The highest BCUT2D eigenvalue weighted by Gasteiger charge is 2.08. The highest BCUT2D eigenvalue weighted by Crippen LogP contribution is 2.09. The molecule has 6 heteroatoms. The van der Waals surface area contributed by atoms with Crippen LogP contribution >= 0.6 is 0 Å². The van der Waals surface area contributed by atoms with Crippen molar-refractivity contribution < 1.29 is 4.79 Å². The minimum atomic E-state index is -0.405. The molecule has 0 aliphatic carbocycles. The van der Waals surface area contributed by atoms with Crippen LogP contribution in [0.1, 0.15) is 48.0 Å². The van der Waals surface area contributed by atoms with E-state index in [4.69, 9.17) is 5.73 Å². The van der Waals surface area contributed by atoms with Crippen LogP contribution in [0, 0.1) is 0 Å². The van der Waals surface area contributed by atoms with E-state index < -0.39 is 5.91 Å². The van der Waals surface area contributed by atoms with Crippen molar-refractivity contribution in [2.75, 3.05) is 33.2 Å². The van der Waals surface area contributed by atoms with Gasteiger partial charge in [0.25, 0.3) is 0 Å². The molecule has 1 amide bonds. The second-order valence-electron chi connectivity index (χ2n) is 6.53. The first kappa shape index (κ1) is 19.2. The molecule has 1 aliphatic heterocycles. The second kappa shape index (κ2) is 10.7. The van der Waals surface area contributed by atoms with Crippen molar-refractivity contribution in [3.05, 3.63) is 35.4 Å². The molecule has 0 atom stereocenters. The number of likely N-dealkylation sites (tertiary alicyclic amines) is 1. The van der Waals surface area contributed by atoms with Gasteiger partial charge in [0, 0.05) is 25.7 Å². The monoisotopic (exact) mass is 345 g/mol. The highest BCUT2D eigenvalue weighted by atomic mass is 16.1. The number of rotatable bonds is 7. The van der Waals surface area contributed by atoms with Crippen molar-refractivity contribution in [1.29, 1.82) is 0 Å². The number of hydrogen-bond donors (Lipinski definition) is 3. The van der Waals surface area contributed by atoms with E-state index in [-0.39, 0.29) is 0 Å². The molecule has 0 spiro atoms. The summed E-state index contributed by atoms with van der Waals surface area (Å²) >= 11 is 0. The van der Waals surface area contributed by atoms with Gasteiger partial charge in [-0.1, -0.05) is 25.0 Å². The molecule has 1 fully saturated rings. The Kier molecular flexibility index (Phi) is 8.25. The Morgan fingerprint density at radius 3 is 2.64 bits per heavy atom. The maximum absolute atomic E-state index is 11.2. The maximum atomic E-state index is 11.2. The number of guanidine groups is 1. The van der Waals surface area contributed by atoms with E-state index >= 15 is 0 Å². The van der Waals surface area contributed by atoms with E-state index in [1.807, 2.05) is 18.2 Å². The van der Waals surface area contributed by atoms with Gasteiger partial charge in [0.05, 0.1) is 0 Å². The second-order valence-corrected chi connectivity index (χ2v) is 6.53. The van der Waals surface area contributed by atoms with Crippen LogP contribution in [0.2, 0.25) is 0 Å². The van der Waals surface area contributed by atoms with Crippen LogP contribution in [0.15, 0.2) is 29.3 Å². The Morgan fingerprint density at radius 1 is 1.20 bits per heavy atom. The average molecular weight is 345 g/mol. The van der Waals surface area contributed by atoms with Gasteiger partial charge in [-0.25, -0.2) is 0 Å². The van der Waals surface area contributed by atoms with Crippen molar-refractivity contribution in [2.24, 2.45) is 10.7 Å². The van der Waals surface area contributed by atoms with Crippen molar-refractivity contribution in [1.82, 2.24) is 15.5 Å². The smallest absolute Gasteiger partial charge is 0.248 e. The zero-order valence-corrected chi connectivity index (χ0v) is 15.3. The summed E-state index contributed by atoms with van der Waals surface area (Å²) in [5.41, 5.74) is 6.85. The summed E-state index contributed by atoms with van der Waals surface area (Å²) in [5, 5.41) is 6.63. The minimum absolute atomic E-state index is 0.405. The number of nitrogens with one attached hydrogen (secondary N) is 2. The molecule has 1 aromatic carbocycles. The Hall–Kier alpha value is -2.08. The van der Waals surface area contributed by atoms with E-state index in [2.05, 4.69) is 20.5 Å². The van der Waals surface area contributed by atoms with Crippen molar-refractivity contribution in [3.63, 3.8) is 0 Å². The number of aliphatic imine (C=N–C) groups is 1. The first-order valence-corrected chi connectivity index (χ1v) is 9.24. The summed E-state index contributed by atoms with van der Waals surface area (Å²) in [6, 6.07) is 7.34. The Labute approximate surface area is 150 Å². The molecular weight excluding hydrogens is 314 g/mol. The number of hydrogen-bond acceptors (Lipinski definition) is 3. The van der Waals surface area contributed by atoms with Crippen LogP contribution in [0.25, 0.3) is 0 Å². The third-order valence-corrected chi connectivity index (χ3v) is 4.54. The van der Waals surface area contributed by atoms with Gasteiger partial charge >= 0.3 is 0 Å². The van der Waals surface area contributed by atoms with Crippen LogP contribution in [0.4, 0.5) is 0 Å². The first-order valence-electron chi connectivity index (χ1n) is 9.24. The van der Waals surface area contributed by atoms with Gasteiger partial charge in [0.2, 0.25) is 5.91 Å². The van der Waals surface area contributed by atoms with Gasteiger partial charge in [0.1, 0.15) is 0 Å². The van der Waals surface area contributed by atoms with E-state index in [9.17, 15) is 4.79 Å². The minimum Gasteiger partial charge on any atom is -0.366 e. The van der Waals surface area contributed by atoms with Gasteiger partial charge in [-0.3, -0.25) is 9.79 Å². The normalized spacial score (nSPS) is 16.3. The predicted octanol–water partition coefficient (Wildman–Crippen LogP) is 1.72. The van der Waals surface area contributed by atoms with Gasteiger partial charge in [-0.15, -0.1) is 0 Å².